The lowest BCUT2D eigenvalue weighted by atomic mass is 9.71. The van der Waals surface area contributed by atoms with Crippen LogP contribution in [0.4, 0.5) is 0 Å². The number of hydrogen-bond donors (Lipinski definition) is 1. The molecule has 0 aliphatic heterocycles. The van der Waals surface area contributed by atoms with E-state index in [1.807, 2.05) is 108 Å². The Labute approximate surface area is 332 Å². The molecule has 0 aliphatic rings. The van der Waals surface area contributed by atoms with Crippen molar-refractivity contribution in [3.8, 4) is 16.8 Å². The second-order valence-corrected chi connectivity index (χ2v) is 13.7. The summed E-state index contributed by atoms with van der Waals surface area (Å²) in [6.07, 6.45) is 0. The number of para-hydroxylation sites is 1. The van der Waals surface area contributed by atoms with Gasteiger partial charge in [0.2, 0.25) is 0 Å². The van der Waals surface area contributed by atoms with Crippen molar-refractivity contribution in [3.05, 3.63) is 150 Å². The maximum atomic E-state index is 6.73. The van der Waals surface area contributed by atoms with E-state index in [1.165, 1.54) is 0 Å². The molecule has 0 amide bonds. The highest BCUT2D eigenvalue weighted by molar-refractivity contribution is 6.62. The highest BCUT2D eigenvalue weighted by Gasteiger charge is 2.22. The van der Waals surface area contributed by atoms with Gasteiger partial charge in [0.05, 0.1) is 12.2 Å². The average molecular weight is 704 g/mol. The van der Waals surface area contributed by atoms with E-state index in [0.29, 0.717) is 72.8 Å². The summed E-state index contributed by atoms with van der Waals surface area (Å²) in [7, 11) is 39.4. The van der Waals surface area contributed by atoms with Gasteiger partial charge < -0.3 is 14.7 Å². The minimum atomic E-state index is 0.331. The zero-order valence-corrected chi connectivity index (χ0v) is 30.2. The van der Waals surface area contributed by atoms with Crippen LogP contribution in [0.5, 0.6) is 0 Å². The number of benzene rings is 7. The van der Waals surface area contributed by atoms with Gasteiger partial charge in [0.25, 0.3) is 0 Å². The molecule has 0 unspecified atom stereocenters. The van der Waals surface area contributed by atoms with Crippen LogP contribution in [0.15, 0.2) is 148 Å². The third kappa shape index (κ3) is 5.90. The first-order valence-electron chi connectivity index (χ1n) is 18.0. The topological polar surface area (TPSA) is 68.8 Å². The van der Waals surface area contributed by atoms with Crippen LogP contribution in [-0.2, 0) is 6.54 Å². The first kappa shape index (κ1) is 35.4. The number of amidine groups is 2. The number of furan rings is 1. The van der Waals surface area contributed by atoms with Gasteiger partial charge in [-0.15, -0.1) is 10.9 Å². The molecule has 2 heterocycles. The molecular formula is C45H26B6N4O. The van der Waals surface area contributed by atoms with Crippen molar-refractivity contribution in [1.82, 2.24) is 4.57 Å². The molecule has 2 aromatic heterocycles. The SMILES string of the molecule is [B]c1cc([B])c2c(c1[B])c1c([B])c([B])cc([B])c1n2-c1ccccc1-c1ccc2oc3cccc(CN=C(N=C(N)c4ccccc4)c4ccccc4)c3c2c1. The number of nitrogens with two attached hydrogens (primary N) is 1. The number of aliphatic imine (C=N–C) groups is 2. The number of rotatable bonds is 6. The molecule has 5 nitrogen and oxygen atoms in total. The van der Waals surface area contributed by atoms with Crippen LogP contribution < -0.4 is 38.5 Å². The Morgan fingerprint density at radius 1 is 0.571 bits per heavy atom. The van der Waals surface area contributed by atoms with E-state index in [2.05, 4.69) is 18.2 Å². The highest BCUT2D eigenvalue weighted by Crippen LogP contribution is 2.38. The fourth-order valence-electron chi connectivity index (χ4n) is 7.64. The highest BCUT2D eigenvalue weighted by atomic mass is 16.3. The summed E-state index contributed by atoms with van der Waals surface area (Å²) < 4.78 is 8.41. The van der Waals surface area contributed by atoms with E-state index in [0.717, 1.165) is 55.4 Å². The van der Waals surface area contributed by atoms with E-state index < -0.39 is 0 Å². The second kappa shape index (κ2) is 14.1. The molecule has 2 N–H and O–H groups in total. The fraction of sp³-hybridized carbons (Fsp3) is 0.0222. The first-order chi connectivity index (χ1) is 27.2. The van der Waals surface area contributed by atoms with Crippen molar-refractivity contribution in [2.75, 3.05) is 0 Å². The van der Waals surface area contributed by atoms with E-state index in [1.54, 1.807) is 12.1 Å². The normalized spacial score (nSPS) is 12.4. The zero-order valence-electron chi connectivity index (χ0n) is 30.2. The quantitative estimate of drug-likeness (QED) is 0.164. The van der Waals surface area contributed by atoms with Gasteiger partial charge in [-0.1, -0.05) is 131 Å². The smallest absolute Gasteiger partial charge is 0.157 e. The molecule has 0 saturated carbocycles. The lowest BCUT2D eigenvalue weighted by Gasteiger charge is -2.17. The minimum absolute atomic E-state index is 0.331. The Balaban J connectivity index is 1.22. The van der Waals surface area contributed by atoms with Crippen LogP contribution in [0.1, 0.15) is 16.7 Å². The molecule has 9 aromatic rings. The molecule has 56 heavy (non-hydrogen) atoms. The molecule has 9 rings (SSSR count). The van der Waals surface area contributed by atoms with E-state index in [9.17, 15) is 0 Å². The van der Waals surface area contributed by atoms with Crippen molar-refractivity contribution in [2.24, 2.45) is 15.7 Å². The van der Waals surface area contributed by atoms with Crippen molar-refractivity contribution >= 4 is 135 Å². The van der Waals surface area contributed by atoms with E-state index >= 15 is 0 Å². The summed E-state index contributed by atoms with van der Waals surface area (Å²) in [5, 5.41) is 3.07. The molecular weight excluding hydrogens is 677 g/mol. The zero-order chi connectivity index (χ0) is 38.7. The predicted octanol–water partition coefficient (Wildman–Crippen LogP) is 3.47. The van der Waals surface area contributed by atoms with Crippen LogP contribution in [0.2, 0.25) is 0 Å². The Hall–Kier alpha value is -6.33. The van der Waals surface area contributed by atoms with E-state index in [-0.39, 0.29) is 0 Å². The Bertz CT molecular complexity index is 3010. The Morgan fingerprint density at radius 3 is 1.84 bits per heavy atom. The summed E-state index contributed by atoms with van der Waals surface area (Å²) in [5.41, 5.74) is 16.7. The van der Waals surface area contributed by atoms with Gasteiger partial charge >= 0.3 is 0 Å². The van der Waals surface area contributed by atoms with Crippen molar-refractivity contribution < 1.29 is 4.42 Å². The van der Waals surface area contributed by atoms with Gasteiger partial charge in [-0.25, -0.2) is 4.99 Å². The van der Waals surface area contributed by atoms with Gasteiger partial charge in [-0.05, 0) is 46.2 Å². The summed E-state index contributed by atoms with van der Waals surface area (Å²) in [4.78, 5) is 9.83. The molecule has 11 heteroatoms. The van der Waals surface area contributed by atoms with Crippen LogP contribution in [0.25, 0.3) is 60.6 Å². The van der Waals surface area contributed by atoms with Crippen LogP contribution in [0, 0.1) is 0 Å². The molecule has 0 fully saturated rings. The van der Waals surface area contributed by atoms with Crippen molar-refractivity contribution in [1.29, 1.82) is 0 Å². The van der Waals surface area contributed by atoms with Gasteiger partial charge in [0.15, 0.2) is 5.84 Å². The average Bonchev–Trinajstić information content (AvgIpc) is 3.79. The molecule has 0 saturated heterocycles. The molecule has 0 spiro atoms. The van der Waals surface area contributed by atoms with Gasteiger partial charge in [-0.3, -0.25) is 4.99 Å². The monoisotopic (exact) mass is 704 g/mol. The van der Waals surface area contributed by atoms with Crippen molar-refractivity contribution in [2.45, 2.75) is 6.54 Å². The van der Waals surface area contributed by atoms with Crippen LogP contribution >= 0.6 is 0 Å². The Kier molecular flexibility index (Phi) is 8.89. The number of nitrogens with zero attached hydrogens (tertiary/aromatic N) is 3. The third-order valence-corrected chi connectivity index (χ3v) is 10.3. The lowest BCUT2D eigenvalue weighted by Crippen LogP contribution is -2.33. The first-order valence-corrected chi connectivity index (χ1v) is 18.0. The van der Waals surface area contributed by atoms with Crippen LogP contribution in [0.3, 0.4) is 0 Å². The summed E-state index contributed by atoms with van der Waals surface area (Å²) >= 11 is 0. The Morgan fingerprint density at radius 2 is 1.18 bits per heavy atom. The lowest BCUT2D eigenvalue weighted by molar-refractivity contribution is 0.668. The number of hydrogen-bond acceptors (Lipinski definition) is 2. The summed E-state index contributed by atoms with van der Waals surface area (Å²) in [5.74, 6) is 0.911. The number of fused-ring (bicyclic) bond motifs is 6. The number of aromatic nitrogens is 1. The van der Waals surface area contributed by atoms with Crippen molar-refractivity contribution in [3.63, 3.8) is 0 Å². The van der Waals surface area contributed by atoms with Gasteiger partial charge in [-0.2, -0.15) is 0 Å². The second-order valence-electron chi connectivity index (χ2n) is 13.7. The molecule has 0 bridgehead atoms. The summed E-state index contributed by atoms with van der Waals surface area (Å²) in [6.45, 7) is 0.331. The fourth-order valence-corrected chi connectivity index (χ4v) is 7.64. The van der Waals surface area contributed by atoms with Gasteiger partial charge in [0, 0.05) is 38.5 Å². The molecule has 250 valence electrons. The molecule has 0 atom stereocenters. The molecule has 7 aromatic carbocycles. The molecule has 12 radical (unpaired) electrons. The summed E-state index contributed by atoms with van der Waals surface area (Å²) in [6, 6.07) is 43.0. The largest absolute Gasteiger partial charge is 0.456 e. The van der Waals surface area contributed by atoms with Crippen LogP contribution in [-0.4, -0.2) is 63.3 Å². The standard InChI is InChI=1S/C45H26B6N4O/c46-30-21-32(48)42-38(40(30)50)39-41(51)31(47)22-33(49)43(39)55(42)34-16-8-7-15-28(34)26-18-19-35-29(20-26)37-27(14-9-17-36(37)56-35)23-53-45(25-12-5-2-6-13-25)54-44(52)24-10-3-1-4-11-24/h1-22H,23H2,(H2,52,53,54). The third-order valence-electron chi connectivity index (χ3n) is 10.3. The predicted molar refractivity (Wildman–Crippen MR) is 240 cm³/mol. The minimum Gasteiger partial charge on any atom is -0.456 e. The maximum absolute atomic E-state index is 6.73. The van der Waals surface area contributed by atoms with Gasteiger partial charge in [0.1, 0.15) is 64.1 Å². The van der Waals surface area contributed by atoms with E-state index in [4.69, 9.17) is 67.2 Å². The molecule has 0 aliphatic carbocycles. The maximum Gasteiger partial charge on any atom is 0.157 e.